The molecule has 0 unspecified atom stereocenters. The topological polar surface area (TPSA) is 116 Å². The molecule has 0 saturated heterocycles. The maximum Gasteiger partial charge on any atom is 0.426 e. The maximum absolute atomic E-state index is 15.0. The van der Waals surface area contributed by atoms with Gasteiger partial charge in [-0.25, -0.2) is 9.78 Å². The fraction of sp³-hybridized carbons (Fsp3) is 0.452. The van der Waals surface area contributed by atoms with Crippen molar-refractivity contribution in [1.29, 1.82) is 0 Å². The summed E-state index contributed by atoms with van der Waals surface area (Å²) in [5.41, 5.74) is -9.20. The van der Waals surface area contributed by atoms with E-state index in [0.29, 0.717) is 11.6 Å². The van der Waals surface area contributed by atoms with Crippen LogP contribution < -0.4 is 5.32 Å². The van der Waals surface area contributed by atoms with Crippen molar-refractivity contribution in [2.45, 2.75) is 84.0 Å². The largest absolute Gasteiger partial charge is 0.444 e. The molecule has 248 valence electrons. The summed E-state index contributed by atoms with van der Waals surface area (Å²) in [4.78, 5) is 30.1. The van der Waals surface area contributed by atoms with Crippen LogP contribution in [0.5, 0.6) is 0 Å². The molecule has 1 N–H and O–H groups in total. The van der Waals surface area contributed by atoms with Crippen molar-refractivity contribution in [3.63, 3.8) is 0 Å². The second kappa shape index (κ2) is 12.5. The number of Topliss-reactive ketones (excluding diaryl/α,β-unsaturated/α-hetero) is 1. The Hall–Kier alpha value is -4.27. The smallest absolute Gasteiger partial charge is 0.426 e. The molecule has 0 aliphatic carbocycles. The number of hydrogen-bond donors (Lipinski definition) is 1. The van der Waals surface area contributed by atoms with Gasteiger partial charge in [-0.15, -0.1) is 10.2 Å². The van der Waals surface area contributed by atoms with Crippen molar-refractivity contribution < 1.29 is 49.8 Å². The first-order chi connectivity index (χ1) is 21.2. The number of benzene rings is 1. The van der Waals surface area contributed by atoms with Crippen LogP contribution in [0.15, 0.2) is 53.0 Å². The van der Waals surface area contributed by atoms with Crippen LogP contribution in [0.1, 0.15) is 81.4 Å². The number of rotatable bonds is 4. The van der Waals surface area contributed by atoms with Gasteiger partial charge in [0.2, 0.25) is 5.60 Å². The Kier molecular flexibility index (Phi) is 9.40. The number of ether oxygens (including phenoxy) is 2. The molecule has 15 heteroatoms. The van der Waals surface area contributed by atoms with Gasteiger partial charge in [0, 0.05) is 5.41 Å². The van der Waals surface area contributed by atoms with Crippen LogP contribution in [-0.4, -0.2) is 38.8 Å². The first-order valence-corrected chi connectivity index (χ1v) is 14.1. The van der Waals surface area contributed by atoms with E-state index in [2.05, 4.69) is 20.5 Å². The molecule has 1 aliphatic rings. The molecule has 0 fully saturated rings. The normalized spacial score (nSPS) is 19.7. The van der Waals surface area contributed by atoms with E-state index in [-0.39, 0.29) is 12.8 Å². The summed E-state index contributed by atoms with van der Waals surface area (Å²) in [6.07, 6.45) is -9.74. The minimum Gasteiger partial charge on any atom is -0.444 e. The highest BCUT2D eigenvalue weighted by Gasteiger charge is 2.61. The molecular weight excluding hydrogens is 622 g/mol. The number of anilines is 1. The lowest BCUT2D eigenvalue weighted by atomic mass is 9.81. The number of hydrogen-bond acceptors (Lipinski definition) is 8. The summed E-state index contributed by atoms with van der Waals surface area (Å²) in [7, 11) is 0. The van der Waals surface area contributed by atoms with Gasteiger partial charge in [-0.05, 0) is 51.7 Å². The van der Waals surface area contributed by atoms with Gasteiger partial charge in [0.05, 0.1) is 17.9 Å². The van der Waals surface area contributed by atoms with Crippen LogP contribution in [0.2, 0.25) is 0 Å². The zero-order chi connectivity index (χ0) is 34.1. The third-order valence-electron chi connectivity index (χ3n) is 7.01. The highest BCUT2D eigenvalue weighted by atomic mass is 19.4. The predicted octanol–water partition coefficient (Wildman–Crippen LogP) is 8.42. The lowest BCUT2D eigenvalue weighted by Crippen LogP contribution is -2.45. The first-order valence-electron chi connectivity index (χ1n) is 14.1. The highest BCUT2D eigenvalue weighted by molar-refractivity contribution is 6.01. The molecule has 1 atom stereocenters. The van der Waals surface area contributed by atoms with Gasteiger partial charge in [0.1, 0.15) is 11.3 Å². The molecule has 1 aromatic carbocycles. The second-order valence-corrected chi connectivity index (χ2v) is 12.3. The molecule has 3 heterocycles. The van der Waals surface area contributed by atoms with E-state index in [4.69, 9.17) is 13.9 Å². The fourth-order valence-electron chi connectivity index (χ4n) is 4.62. The summed E-state index contributed by atoms with van der Waals surface area (Å²) in [5.74, 6) is -2.86. The first kappa shape index (κ1) is 34.6. The van der Waals surface area contributed by atoms with Gasteiger partial charge in [-0.1, -0.05) is 56.3 Å². The van der Waals surface area contributed by atoms with Gasteiger partial charge < -0.3 is 13.9 Å². The number of halogens is 6. The van der Waals surface area contributed by atoms with Gasteiger partial charge in [0.15, 0.2) is 11.5 Å². The quantitative estimate of drug-likeness (QED) is 0.220. The lowest BCUT2D eigenvalue weighted by molar-refractivity contribution is -0.299. The van der Waals surface area contributed by atoms with Crippen LogP contribution in [0.3, 0.4) is 0 Å². The Morgan fingerprint density at radius 2 is 1.67 bits per heavy atom. The van der Waals surface area contributed by atoms with Crippen LogP contribution in [0.25, 0.3) is 11.6 Å². The van der Waals surface area contributed by atoms with E-state index in [0.717, 1.165) is 0 Å². The van der Waals surface area contributed by atoms with E-state index in [1.54, 1.807) is 30.3 Å². The van der Waals surface area contributed by atoms with Crippen LogP contribution in [0, 0.1) is 5.41 Å². The molecule has 0 radical (unpaired) electrons. The van der Waals surface area contributed by atoms with E-state index < -0.39 is 88.3 Å². The number of aromatic nitrogens is 3. The summed E-state index contributed by atoms with van der Waals surface area (Å²) >= 11 is 0. The number of carbonyl (C=O) groups is 2. The second-order valence-electron chi connectivity index (χ2n) is 12.3. The molecule has 1 aliphatic heterocycles. The number of amides is 1. The Morgan fingerprint density at radius 3 is 2.28 bits per heavy atom. The molecule has 2 aromatic heterocycles. The van der Waals surface area contributed by atoms with E-state index in [1.807, 2.05) is 0 Å². The molecule has 4 rings (SSSR count). The van der Waals surface area contributed by atoms with Crippen LogP contribution in [-0.2, 0) is 27.9 Å². The van der Waals surface area contributed by atoms with Crippen LogP contribution >= 0.6 is 0 Å². The minimum atomic E-state index is -5.13. The Labute approximate surface area is 260 Å². The molecule has 4 bridgehead atoms. The zero-order valence-electron chi connectivity index (χ0n) is 25.6. The highest BCUT2D eigenvalue weighted by Crippen LogP contribution is 2.47. The van der Waals surface area contributed by atoms with Crippen molar-refractivity contribution in [3.05, 3.63) is 71.3 Å². The molecule has 3 aromatic rings. The Bertz CT molecular complexity index is 1610. The monoisotopic (exact) mass is 654 g/mol. The third-order valence-corrected chi connectivity index (χ3v) is 7.01. The number of fused-ring (bicyclic) bond motifs is 5. The standard InChI is InChI=1S/C31H32F6N4O5/c1-27(2,3)46-26(43)38-20-16-19(30(32,33)34)21-23(42)28(4,5)14-10-7-11-15-29(31(35,36)37,44-17-18-12-8-6-9-13-18)25-41-40-24(45-25)22(20)39-21/h6-10,12-13,16H,11,14-15,17H2,1-5H3,(H,38,43)/b10-7-/t29-/m1/s1. The molecule has 1 amide bonds. The number of carbonyl (C=O) groups excluding carboxylic acids is 2. The number of nitrogens with zero attached hydrogens (tertiary/aromatic N) is 3. The number of alkyl halides is 6. The summed E-state index contributed by atoms with van der Waals surface area (Å²) in [6, 6.07) is 8.48. The number of ketones is 1. The van der Waals surface area contributed by atoms with Crippen molar-refractivity contribution in [2.24, 2.45) is 5.41 Å². The van der Waals surface area contributed by atoms with Gasteiger partial charge in [-0.3, -0.25) is 10.1 Å². The average molecular weight is 655 g/mol. The van der Waals surface area contributed by atoms with Crippen molar-refractivity contribution in [3.8, 4) is 11.6 Å². The van der Waals surface area contributed by atoms with Gasteiger partial charge >= 0.3 is 18.4 Å². The lowest BCUT2D eigenvalue weighted by Gasteiger charge is -2.32. The van der Waals surface area contributed by atoms with Crippen molar-refractivity contribution >= 4 is 17.6 Å². The number of nitrogens with one attached hydrogen (secondary N) is 1. The molecule has 0 spiro atoms. The SMILES string of the molecule is CC(C)(C)OC(=O)Nc1cc(C(F)(F)F)c2nc1-c1nnc(o1)[C@@](OCc1ccccc1)(C(F)(F)F)CC/C=C\CC(C)(C)C2=O. The Balaban J connectivity index is 1.97. The summed E-state index contributed by atoms with van der Waals surface area (Å²) in [5, 5.41) is 9.43. The molecular formula is C31H32F6N4O5. The number of pyridine rings is 1. The predicted molar refractivity (Wildman–Crippen MR) is 152 cm³/mol. The number of allylic oxidation sites excluding steroid dienone is 2. The van der Waals surface area contributed by atoms with Gasteiger partial charge in [0.25, 0.3) is 11.8 Å². The molecule has 0 saturated carbocycles. The zero-order valence-corrected chi connectivity index (χ0v) is 25.6. The van der Waals surface area contributed by atoms with Crippen LogP contribution in [0.4, 0.5) is 36.8 Å². The van der Waals surface area contributed by atoms with Gasteiger partial charge in [-0.2, -0.15) is 26.3 Å². The summed E-state index contributed by atoms with van der Waals surface area (Å²) < 4.78 is 104. The third kappa shape index (κ3) is 7.57. The minimum absolute atomic E-state index is 0.125. The fourth-order valence-corrected chi connectivity index (χ4v) is 4.62. The molecule has 9 nitrogen and oxygen atoms in total. The maximum atomic E-state index is 15.0. The van der Waals surface area contributed by atoms with E-state index in [9.17, 15) is 35.9 Å². The van der Waals surface area contributed by atoms with Crippen molar-refractivity contribution in [1.82, 2.24) is 15.2 Å². The molecule has 46 heavy (non-hydrogen) atoms. The Morgan fingerprint density at radius 1 is 1.00 bits per heavy atom. The van der Waals surface area contributed by atoms with E-state index >= 15 is 0 Å². The van der Waals surface area contributed by atoms with E-state index in [1.165, 1.54) is 46.8 Å². The summed E-state index contributed by atoms with van der Waals surface area (Å²) in [6.45, 7) is 6.78. The van der Waals surface area contributed by atoms with Crippen molar-refractivity contribution in [2.75, 3.05) is 5.32 Å². The average Bonchev–Trinajstić information content (AvgIpc) is 3.42.